The summed E-state index contributed by atoms with van der Waals surface area (Å²) < 4.78 is 5.80. The average molecular weight is 273 g/mol. The largest absolute Gasteiger partial charge is 0.491 e. The highest BCUT2D eigenvalue weighted by Crippen LogP contribution is 2.38. The molecule has 3 nitrogen and oxygen atoms in total. The van der Waals surface area contributed by atoms with Gasteiger partial charge in [-0.25, -0.2) is 0 Å². The first kappa shape index (κ1) is 13.5. The highest BCUT2D eigenvalue weighted by Gasteiger charge is 2.34. The molecule has 3 rings (SSSR count). The van der Waals surface area contributed by atoms with Gasteiger partial charge in [0, 0.05) is 18.5 Å². The molecule has 20 heavy (non-hydrogen) atoms. The molecule has 108 valence electrons. The highest BCUT2D eigenvalue weighted by molar-refractivity contribution is 5.64. The van der Waals surface area contributed by atoms with Crippen LogP contribution in [0.2, 0.25) is 0 Å². The van der Waals surface area contributed by atoms with Gasteiger partial charge in [-0.05, 0) is 31.4 Å². The first-order chi connectivity index (χ1) is 9.83. The normalized spacial score (nSPS) is 21.5. The lowest BCUT2D eigenvalue weighted by molar-refractivity contribution is -0.117. The lowest BCUT2D eigenvalue weighted by atomic mass is 9.75. The second-order valence-electron chi connectivity index (χ2n) is 6.13. The second-order valence-corrected chi connectivity index (χ2v) is 6.13. The summed E-state index contributed by atoms with van der Waals surface area (Å²) >= 11 is 0. The number of nitrogens with zero attached hydrogens (tertiary/aromatic N) is 1. The Labute approximate surface area is 120 Å². The van der Waals surface area contributed by atoms with Crippen molar-refractivity contribution in [3.8, 4) is 5.75 Å². The maximum Gasteiger partial charge on any atom is 0.142 e. The molecule has 3 heteroatoms. The molecular formula is C17H23NO2. The Morgan fingerprint density at radius 3 is 2.75 bits per heavy atom. The van der Waals surface area contributed by atoms with E-state index in [1.165, 1.54) is 25.5 Å². The van der Waals surface area contributed by atoms with Crippen molar-refractivity contribution in [2.75, 3.05) is 24.6 Å². The van der Waals surface area contributed by atoms with Gasteiger partial charge in [-0.15, -0.1) is 0 Å². The Morgan fingerprint density at radius 1 is 1.15 bits per heavy atom. The number of rotatable bonds is 3. The molecule has 1 fully saturated rings. The van der Waals surface area contributed by atoms with Crippen LogP contribution in [-0.4, -0.2) is 26.0 Å². The molecule has 0 amide bonds. The third-order valence-electron chi connectivity index (χ3n) is 4.64. The molecule has 2 aliphatic rings. The molecule has 0 bridgehead atoms. The molecule has 0 spiro atoms. The number of aldehydes is 1. The first-order valence-corrected chi connectivity index (χ1v) is 7.76. The number of carbonyl (C=O) groups is 1. The summed E-state index contributed by atoms with van der Waals surface area (Å²) in [5, 5.41) is 0. The van der Waals surface area contributed by atoms with E-state index in [4.69, 9.17) is 4.74 Å². The lowest BCUT2D eigenvalue weighted by Crippen LogP contribution is -2.40. The second kappa shape index (κ2) is 5.86. The van der Waals surface area contributed by atoms with Crippen molar-refractivity contribution >= 4 is 12.0 Å². The number of hydrogen-bond acceptors (Lipinski definition) is 3. The molecular weight excluding hydrogens is 250 g/mol. The lowest BCUT2D eigenvalue weighted by Gasteiger charge is -2.37. The number of ether oxygens (including phenoxy) is 1. The third-order valence-corrected chi connectivity index (χ3v) is 4.64. The molecule has 1 aromatic carbocycles. The highest BCUT2D eigenvalue weighted by atomic mass is 16.5. The molecule has 1 heterocycles. The summed E-state index contributed by atoms with van der Waals surface area (Å²) in [4.78, 5) is 14.1. The van der Waals surface area contributed by atoms with E-state index < -0.39 is 0 Å². The van der Waals surface area contributed by atoms with Crippen molar-refractivity contribution in [3.63, 3.8) is 0 Å². The minimum absolute atomic E-state index is 0.143. The van der Waals surface area contributed by atoms with E-state index in [2.05, 4.69) is 17.0 Å². The Balaban J connectivity index is 1.84. The monoisotopic (exact) mass is 273 g/mol. The smallest absolute Gasteiger partial charge is 0.142 e. The summed E-state index contributed by atoms with van der Waals surface area (Å²) in [5.74, 6) is 0.960. The maximum atomic E-state index is 11.7. The van der Waals surface area contributed by atoms with Crippen molar-refractivity contribution < 1.29 is 9.53 Å². The number of fused-ring (bicyclic) bond motifs is 1. The van der Waals surface area contributed by atoms with Gasteiger partial charge in [-0.1, -0.05) is 31.4 Å². The molecule has 1 saturated carbocycles. The average Bonchev–Trinajstić information content (AvgIpc) is 2.71. The summed E-state index contributed by atoms with van der Waals surface area (Å²) in [5.41, 5.74) is 1.01. The predicted molar refractivity (Wildman–Crippen MR) is 80.3 cm³/mol. The van der Waals surface area contributed by atoms with Crippen LogP contribution < -0.4 is 9.64 Å². The zero-order chi connectivity index (χ0) is 13.8. The zero-order valence-electron chi connectivity index (χ0n) is 12.0. The minimum Gasteiger partial charge on any atom is -0.491 e. The van der Waals surface area contributed by atoms with Gasteiger partial charge in [-0.3, -0.25) is 0 Å². The molecule has 1 aromatic rings. The summed E-state index contributed by atoms with van der Waals surface area (Å²) in [6.07, 6.45) is 7.96. The zero-order valence-corrected chi connectivity index (χ0v) is 12.0. The fourth-order valence-electron chi connectivity index (χ4n) is 3.51. The Bertz CT molecular complexity index is 466. The number of hydrogen-bond donors (Lipinski definition) is 0. The molecule has 0 atom stereocenters. The van der Waals surface area contributed by atoms with Gasteiger partial charge < -0.3 is 14.4 Å². The van der Waals surface area contributed by atoms with E-state index in [0.717, 1.165) is 50.4 Å². The van der Waals surface area contributed by atoms with Gasteiger partial charge in [0.1, 0.15) is 12.0 Å². The number of anilines is 1. The first-order valence-electron chi connectivity index (χ1n) is 7.76. The van der Waals surface area contributed by atoms with Gasteiger partial charge in [-0.2, -0.15) is 0 Å². The molecule has 0 N–H and O–H groups in total. The van der Waals surface area contributed by atoms with Gasteiger partial charge in [0.2, 0.25) is 0 Å². The summed E-state index contributed by atoms with van der Waals surface area (Å²) in [7, 11) is 0. The minimum atomic E-state index is -0.143. The van der Waals surface area contributed by atoms with Crippen molar-refractivity contribution in [3.05, 3.63) is 24.3 Å². The number of carbonyl (C=O) groups excluding carboxylic acids is 1. The van der Waals surface area contributed by atoms with Crippen molar-refractivity contribution in [1.29, 1.82) is 0 Å². The predicted octanol–water partition coefficient (Wildman–Crippen LogP) is 3.42. The maximum absolute atomic E-state index is 11.7. The molecule has 1 aliphatic carbocycles. The Hall–Kier alpha value is -1.51. The van der Waals surface area contributed by atoms with E-state index in [9.17, 15) is 4.79 Å². The Morgan fingerprint density at radius 2 is 1.95 bits per heavy atom. The van der Waals surface area contributed by atoms with Crippen molar-refractivity contribution in [2.45, 2.75) is 38.5 Å². The van der Waals surface area contributed by atoms with Crippen LogP contribution in [-0.2, 0) is 4.79 Å². The fraction of sp³-hybridized carbons (Fsp3) is 0.588. The van der Waals surface area contributed by atoms with E-state index in [1.54, 1.807) is 0 Å². The van der Waals surface area contributed by atoms with E-state index in [-0.39, 0.29) is 5.41 Å². The van der Waals surface area contributed by atoms with Crippen LogP contribution >= 0.6 is 0 Å². The van der Waals surface area contributed by atoms with E-state index >= 15 is 0 Å². The Kier molecular flexibility index (Phi) is 3.95. The molecule has 0 unspecified atom stereocenters. The van der Waals surface area contributed by atoms with Crippen molar-refractivity contribution in [1.82, 2.24) is 0 Å². The number of benzene rings is 1. The van der Waals surface area contributed by atoms with Gasteiger partial charge in [0.15, 0.2) is 0 Å². The van der Waals surface area contributed by atoms with E-state index in [0.29, 0.717) is 0 Å². The van der Waals surface area contributed by atoms with Gasteiger partial charge in [0.25, 0.3) is 0 Å². The molecule has 0 radical (unpaired) electrons. The van der Waals surface area contributed by atoms with Crippen LogP contribution in [0, 0.1) is 5.41 Å². The van der Waals surface area contributed by atoms with Gasteiger partial charge >= 0.3 is 0 Å². The van der Waals surface area contributed by atoms with Crippen LogP contribution in [0.5, 0.6) is 5.75 Å². The van der Waals surface area contributed by atoms with Crippen LogP contribution in [0.15, 0.2) is 24.3 Å². The standard InChI is InChI=1S/C17H23NO2/c19-14-17(9-4-1-5-10-17)13-18-11-6-12-20-16-8-3-2-7-15(16)18/h2-3,7-8,14H,1,4-6,9-13H2. The van der Waals surface area contributed by atoms with Gasteiger partial charge in [0.05, 0.1) is 12.3 Å². The molecule has 0 saturated heterocycles. The van der Waals surface area contributed by atoms with Crippen LogP contribution in [0.25, 0.3) is 0 Å². The van der Waals surface area contributed by atoms with E-state index in [1.807, 2.05) is 12.1 Å². The number of para-hydroxylation sites is 2. The van der Waals surface area contributed by atoms with Crippen LogP contribution in [0.4, 0.5) is 5.69 Å². The SMILES string of the molecule is O=CC1(CN2CCCOc3ccccc32)CCCCC1. The van der Waals surface area contributed by atoms with Crippen molar-refractivity contribution in [2.24, 2.45) is 5.41 Å². The molecule has 1 aliphatic heterocycles. The quantitative estimate of drug-likeness (QED) is 0.790. The van der Waals surface area contributed by atoms with Crippen LogP contribution in [0.1, 0.15) is 38.5 Å². The van der Waals surface area contributed by atoms with Crippen LogP contribution in [0.3, 0.4) is 0 Å². The molecule has 0 aromatic heterocycles. The summed E-state index contributed by atoms with van der Waals surface area (Å²) in [6, 6.07) is 8.21. The topological polar surface area (TPSA) is 29.5 Å². The summed E-state index contributed by atoms with van der Waals surface area (Å²) in [6.45, 7) is 2.59. The fourth-order valence-corrected chi connectivity index (χ4v) is 3.51. The third kappa shape index (κ3) is 2.67.